The molecule has 3 aromatic rings. The van der Waals surface area contributed by atoms with Gasteiger partial charge < -0.3 is 10.2 Å². The molecule has 0 radical (unpaired) electrons. The molecular weight excluding hydrogens is 569 g/mol. The van der Waals surface area contributed by atoms with E-state index in [0.717, 1.165) is 27.4 Å². The van der Waals surface area contributed by atoms with E-state index >= 15 is 0 Å². The summed E-state index contributed by atoms with van der Waals surface area (Å²) in [6, 6.07) is 17.4. The van der Waals surface area contributed by atoms with E-state index in [2.05, 4.69) is 5.32 Å². The summed E-state index contributed by atoms with van der Waals surface area (Å²) in [4.78, 5) is 28.5. The number of hydrogen-bond donors (Lipinski definition) is 1. The number of carbonyl (C=O) groups excluding carboxylic acids is 2. The highest BCUT2D eigenvalue weighted by Gasteiger charge is 2.33. The second-order valence-corrected chi connectivity index (χ2v) is 12.7. The van der Waals surface area contributed by atoms with Crippen LogP contribution in [-0.2, 0) is 26.2 Å². The molecule has 2 atom stereocenters. The average Bonchev–Trinajstić information content (AvgIpc) is 2.89. The maximum Gasteiger partial charge on any atom is 0.264 e. The van der Waals surface area contributed by atoms with Crippen molar-refractivity contribution in [2.75, 3.05) is 10.8 Å². The fourth-order valence-corrected chi connectivity index (χ4v) is 6.02. The van der Waals surface area contributed by atoms with Gasteiger partial charge in [0.1, 0.15) is 12.6 Å². The molecule has 0 aliphatic rings. The zero-order valence-electron chi connectivity index (χ0n) is 23.3. The van der Waals surface area contributed by atoms with Crippen molar-refractivity contribution in [3.63, 3.8) is 0 Å². The van der Waals surface area contributed by atoms with Crippen LogP contribution >= 0.6 is 23.2 Å². The lowest BCUT2D eigenvalue weighted by atomic mass is 10.1. The standard InChI is InChI=1S/C30H35Cl2N3O4S/c1-6-22(4)33-30(37)23(5)34(18-24-9-7-8-21(3)14-24)29(36)19-35(27-16-25(31)15-26(32)17-27)40(38,39)28-12-10-20(2)11-13-28/h7-17,22-23H,6,18-19H2,1-5H3,(H,33,37)/t22-,23-/m1/s1. The first-order chi connectivity index (χ1) is 18.8. The summed E-state index contributed by atoms with van der Waals surface area (Å²) in [5.74, 6) is -0.880. The molecular formula is C30H35Cl2N3O4S. The van der Waals surface area contributed by atoms with Gasteiger partial charge in [0.25, 0.3) is 10.0 Å². The molecule has 3 rings (SSSR count). The number of benzene rings is 3. The summed E-state index contributed by atoms with van der Waals surface area (Å²) in [7, 11) is -4.21. The van der Waals surface area contributed by atoms with Crippen LogP contribution in [0.3, 0.4) is 0 Å². The van der Waals surface area contributed by atoms with Gasteiger partial charge in [-0.15, -0.1) is 0 Å². The summed E-state index contributed by atoms with van der Waals surface area (Å²) < 4.78 is 28.8. The van der Waals surface area contributed by atoms with E-state index in [9.17, 15) is 18.0 Å². The Bertz CT molecular complexity index is 1440. The third kappa shape index (κ3) is 7.99. The molecule has 0 aliphatic carbocycles. The second kappa shape index (κ2) is 13.5. The first-order valence-electron chi connectivity index (χ1n) is 13.0. The minimum atomic E-state index is -4.21. The Morgan fingerprint density at radius 2 is 1.52 bits per heavy atom. The molecule has 214 valence electrons. The number of nitrogens with one attached hydrogen (secondary N) is 1. The second-order valence-electron chi connectivity index (χ2n) is 9.96. The molecule has 0 aliphatic heterocycles. The van der Waals surface area contributed by atoms with Gasteiger partial charge in [-0.2, -0.15) is 0 Å². The molecule has 3 aromatic carbocycles. The number of hydrogen-bond acceptors (Lipinski definition) is 4. The summed E-state index contributed by atoms with van der Waals surface area (Å²) >= 11 is 12.5. The molecule has 0 unspecified atom stereocenters. The number of anilines is 1. The van der Waals surface area contributed by atoms with Crippen LogP contribution in [0.4, 0.5) is 5.69 Å². The van der Waals surface area contributed by atoms with Gasteiger partial charge in [-0.05, 0) is 70.0 Å². The van der Waals surface area contributed by atoms with E-state index < -0.39 is 28.5 Å². The molecule has 0 fully saturated rings. The van der Waals surface area contributed by atoms with Crippen LogP contribution in [0.15, 0.2) is 71.6 Å². The van der Waals surface area contributed by atoms with Gasteiger partial charge in [-0.1, -0.05) is 77.7 Å². The van der Waals surface area contributed by atoms with Crippen molar-refractivity contribution in [2.45, 2.75) is 64.6 Å². The minimum Gasteiger partial charge on any atom is -0.352 e. The number of nitrogens with zero attached hydrogens (tertiary/aromatic N) is 2. The van der Waals surface area contributed by atoms with Gasteiger partial charge in [0.2, 0.25) is 11.8 Å². The molecule has 10 heteroatoms. The first kappa shape index (κ1) is 31.5. The Morgan fingerprint density at radius 1 is 0.900 bits per heavy atom. The molecule has 0 heterocycles. The van der Waals surface area contributed by atoms with Gasteiger partial charge >= 0.3 is 0 Å². The highest BCUT2D eigenvalue weighted by molar-refractivity contribution is 7.92. The van der Waals surface area contributed by atoms with E-state index in [0.29, 0.717) is 0 Å². The fraction of sp³-hybridized carbons (Fsp3) is 0.333. The van der Waals surface area contributed by atoms with Crippen LogP contribution in [-0.4, -0.2) is 43.8 Å². The van der Waals surface area contributed by atoms with Gasteiger partial charge in [0.15, 0.2) is 0 Å². The van der Waals surface area contributed by atoms with Crippen LogP contribution in [0.1, 0.15) is 43.9 Å². The topological polar surface area (TPSA) is 86.8 Å². The predicted octanol–water partition coefficient (Wildman–Crippen LogP) is 6.14. The first-order valence-corrected chi connectivity index (χ1v) is 15.2. The Hall–Kier alpha value is -3.07. The average molecular weight is 605 g/mol. The van der Waals surface area contributed by atoms with Crippen molar-refractivity contribution >= 4 is 50.7 Å². The molecule has 0 bridgehead atoms. The molecule has 2 amide bonds. The molecule has 0 aromatic heterocycles. The van der Waals surface area contributed by atoms with E-state index in [1.807, 2.05) is 52.0 Å². The number of sulfonamides is 1. The van der Waals surface area contributed by atoms with Crippen molar-refractivity contribution in [3.05, 3.63) is 93.5 Å². The van der Waals surface area contributed by atoms with Crippen LogP contribution in [0, 0.1) is 13.8 Å². The van der Waals surface area contributed by atoms with Gasteiger partial charge in [-0.3, -0.25) is 13.9 Å². The van der Waals surface area contributed by atoms with E-state index in [1.54, 1.807) is 19.1 Å². The monoisotopic (exact) mass is 603 g/mol. The Labute approximate surface area is 247 Å². The summed E-state index contributed by atoms with van der Waals surface area (Å²) in [6.07, 6.45) is 0.725. The van der Waals surface area contributed by atoms with Crippen molar-refractivity contribution in [3.8, 4) is 0 Å². The van der Waals surface area contributed by atoms with Crippen molar-refractivity contribution in [2.24, 2.45) is 0 Å². The largest absolute Gasteiger partial charge is 0.352 e. The van der Waals surface area contributed by atoms with Crippen LogP contribution < -0.4 is 9.62 Å². The lowest BCUT2D eigenvalue weighted by Gasteiger charge is -2.32. The summed E-state index contributed by atoms with van der Waals surface area (Å²) in [6.45, 7) is 8.81. The number of rotatable bonds is 11. The normalized spacial score (nSPS) is 12.9. The highest BCUT2D eigenvalue weighted by atomic mass is 35.5. The maximum atomic E-state index is 14.0. The number of amides is 2. The quantitative estimate of drug-likeness (QED) is 0.285. The van der Waals surface area contributed by atoms with Gasteiger partial charge in [0.05, 0.1) is 10.6 Å². The van der Waals surface area contributed by atoms with E-state index in [4.69, 9.17) is 23.2 Å². The van der Waals surface area contributed by atoms with Crippen molar-refractivity contribution in [1.29, 1.82) is 0 Å². The molecule has 0 saturated heterocycles. The zero-order chi connectivity index (χ0) is 29.6. The van der Waals surface area contributed by atoms with Crippen LogP contribution in [0.25, 0.3) is 0 Å². The smallest absolute Gasteiger partial charge is 0.264 e. The highest BCUT2D eigenvalue weighted by Crippen LogP contribution is 2.30. The van der Waals surface area contributed by atoms with Crippen LogP contribution in [0.5, 0.6) is 0 Å². The predicted molar refractivity (Wildman–Crippen MR) is 161 cm³/mol. The zero-order valence-corrected chi connectivity index (χ0v) is 25.6. The summed E-state index contributed by atoms with van der Waals surface area (Å²) in [5.41, 5.74) is 2.84. The molecule has 0 spiro atoms. The SMILES string of the molecule is CC[C@@H](C)NC(=O)[C@@H](C)N(Cc1cccc(C)c1)C(=O)CN(c1cc(Cl)cc(Cl)c1)S(=O)(=O)c1ccc(C)cc1. The Balaban J connectivity index is 2.06. The minimum absolute atomic E-state index is 0.00907. The van der Waals surface area contributed by atoms with E-state index in [-0.39, 0.29) is 39.1 Å². The number of halogens is 2. The molecule has 7 nitrogen and oxygen atoms in total. The maximum absolute atomic E-state index is 14.0. The third-order valence-electron chi connectivity index (χ3n) is 6.63. The van der Waals surface area contributed by atoms with E-state index in [1.165, 1.54) is 35.2 Å². The van der Waals surface area contributed by atoms with Crippen LogP contribution in [0.2, 0.25) is 10.0 Å². The summed E-state index contributed by atoms with van der Waals surface area (Å²) in [5, 5.41) is 3.36. The molecule has 0 saturated carbocycles. The number of carbonyl (C=O) groups is 2. The lowest BCUT2D eigenvalue weighted by Crippen LogP contribution is -2.52. The van der Waals surface area contributed by atoms with Gasteiger partial charge in [0, 0.05) is 22.6 Å². The van der Waals surface area contributed by atoms with Crippen molar-refractivity contribution in [1.82, 2.24) is 10.2 Å². The molecule has 1 N–H and O–H groups in total. The third-order valence-corrected chi connectivity index (χ3v) is 8.85. The fourth-order valence-electron chi connectivity index (χ4n) is 4.10. The molecule has 40 heavy (non-hydrogen) atoms. The lowest BCUT2D eigenvalue weighted by molar-refractivity contribution is -0.139. The Morgan fingerprint density at radius 3 is 2.10 bits per heavy atom. The van der Waals surface area contributed by atoms with Gasteiger partial charge in [-0.25, -0.2) is 8.42 Å². The number of aryl methyl sites for hydroxylation is 2. The Kier molecular flexibility index (Phi) is 10.6. The van der Waals surface area contributed by atoms with Crippen molar-refractivity contribution < 1.29 is 18.0 Å².